The van der Waals surface area contributed by atoms with Crippen LogP contribution in [0.25, 0.3) is 11.4 Å². The third-order valence-electron chi connectivity index (χ3n) is 2.21. The predicted octanol–water partition coefficient (Wildman–Crippen LogP) is 0.397. The molecule has 0 fully saturated rings. The van der Waals surface area contributed by atoms with E-state index in [1.54, 1.807) is 18.2 Å². The standard InChI is InChI=1S/C10H11N5O2/c11-8-3-1-2-7(6-8)10-12-13-14-15(10)5-4-9(16)17/h1-3,6H,4-5,11H2,(H,16,17). The van der Waals surface area contributed by atoms with E-state index < -0.39 is 5.97 Å². The molecule has 1 aromatic heterocycles. The highest BCUT2D eigenvalue weighted by atomic mass is 16.4. The van der Waals surface area contributed by atoms with Crippen molar-refractivity contribution in [3.05, 3.63) is 24.3 Å². The van der Waals surface area contributed by atoms with Crippen molar-refractivity contribution in [2.75, 3.05) is 5.73 Å². The zero-order valence-electron chi connectivity index (χ0n) is 8.95. The number of anilines is 1. The van der Waals surface area contributed by atoms with E-state index in [2.05, 4.69) is 15.5 Å². The highest BCUT2D eigenvalue weighted by Crippen LogP contribution is 2.18. The molecule has 7 heteroatoms. The van der Waals surface area contributed by atoms with Gasteiger partial charge in [-0.05, 0) is 22.6 Å². The van der Waals surface area contributed by atoms with Gasteiger partial charge in [0.1, 0.15) is 0 Å². The first kappa shape index (κ1) is 11.1. The molecule has 0 unspecified atom stereocenters. The molecule has 1 aromatic carbocycles. The van der Waals surface area contributed by atoms with Crippen LogP contribution in [0.3, 0.4) is 0 Å². The number of aryl methyl sites for hydroxylation is 1. The minimum Gasteiger partial charge on any atom is -0.481 e. The van der Waals surface area contributed by atoms with Gasteiger partial charge in [0, 0.05) is 11.3 Å². The summed E-state index contributed by atoms with van der Waals surface area (Å²) >= 11 is 0. The number of rotatable bonds is 4. The zero-order chi connectivity index (χ0) is 12.3. The van der Waals surface area contributed by atoms with Gasteiger partial charge in [-0.2, -0.15) is 0 Å². The average molecular weight is 233 g/mol. The number of aliphatic carboxylic acids is 1. The van der Waals surface area contributed by atoms with Gasteiger partial charge in [-0.1, -0.05) is 12.1 Å². The van der Waals surface area contributed by atoms with Gasteiger partial charge >= 0.3 is 5.97 Å². The highest BCUT2D eigenvalue weighted by molar-refractivity contribution is 5.66. The van der Waals surface area contributed by atoms with Crippen LogP contribution in [0.5, 0.6) is 0 Å². The van der Waals surface area contributed by atoms with Crippen molar-refractivity contribution in [3.63, 3.8) is 0 Å². The Morgan fingerprint density at radius 3 is 3.00 bits per heavy atom. The maximum Gasteiger partial charge on any atom is 0.305 e. The molecule has 7 nitrogen and oxygen atoms in total. The molecule has 0 saturated heterocycles. The minimum atomic E-state index is -0.890. The van der Waals surface area contributed by atoms with Gasteiger partial charge in [0.2, 0.25) is 0 Å². The molecule has 2 aromatic rings. The number of tetrazole rings is 1. The number of benzene rings is 1. The van der Waals surface area contributed by atoms with E-state index in [1.165, 1.54) is 4.68 Å². The third-order valence-corrected chi connectivity index (χ3v) is 2.21. The molecule has 0 spiro atoms. The van der Waals surface area contributed by atoms with Crippen LogP contribution in [-0.4, -0.2) is 31.3 Å². The lowest BCUT2D eigenvalue weighted by Crippen LogP contribution is -2.07. The van der Waals surface area contributed by atoms with E-state index >= 15 is 0 Å². The molecule has 0 radical (unpaired) electrons. The largest absolute Gasteiger partial charge is 0.481 e. The molecule has 0 aliphatic rings. The summed E-state index contributed by atoms with van der Waals surface area (Å²) in [6.45, 7) is 0.229. The van der Waals surface area contributed by atoms with E-state index in [0.717, 1.165) is 5.56 Å². The summed E-state index contributed by atoms with van der Waals surface area (Å²) in [6.07, 6.45) is -0.0274. The fraction of sp³-hybridized carbons (Fsp3) is 0.200. The topological polar surface area (TPSA) is 107 Å². The van der Waals surface area contributed by atoms with Gasteiger partial charge in [0.05, 0.1) is 13.0 Å². The maximum atomic E-state index is 10.5. The first-order chi connectivity index (χ1) is 8.16. The SMILES string of the molecule is Nc1cccc(-c2nnnn2CCC(=O)O)c1. The van der Waals surface area contributed by atoms with Crippen molar-refractivity contribution < 1.29 is 9.90 Å². The Morgan fingerprint density at radius 1 is 1.47 bits per heavy atom. The maximum absolute atomic E-state index is 10.5. The molecular formula is C10H11N5O2. The molecule has 0 aliphatic carbocycles. The molecule has 2 rings (SSSR count). The first-order valence-electron chi connectivity index (χ1n) is 5.00. The van der Waals surface area contributed by atoms with E-state index in [-0.39, 0.29) is 13.0 Å². The van der Waals surface area contributed by atoms with Crippen LogP contribution in [0.1, 0.15) is 6.42 Å². The number of nitrogens with zero attached hydrogens (tertiary/aromatic N) is 4. The van der Waals surface area contributed by atoms with Crippen LogP contribution in [0, 0.1) is 0 Å². The average Bonchev–Trinajstić information content (AvgIpc) is 2.74. The van der Waals surface area contributed by atoms with Gasteiger partial charge in [0.25, 0.3) is 0 Å². The molecule has 0 bridgehead atoms. The van der Waals surface area contributed by atoms with Gasteiger partial charge in [-0.3, -0.25) is 4.79 Å². The summed E-state index contributed by atoms with van der Waals surface area (Å²) in [5, 5.41) is 19.8. The fourth-order valence-corrected chi connectivity index (χ4v) is 1.44. The fourth-order valence-electron chi connectivity index (χ4n) is 1.44. The summed E-state index contributed by atoms with van der Waals surface area (Å²) in [7, 11) is 0. The molecule has 0 amide bonds. The summed E-state index contributed by atoms with van der Waals surface area (Å²) < 4.78 is 1.45. The molecule has 3 N–H and O–H groups in total. The number of hydrogen-bond acceptors (Lipinski definition) is 5. The Morgan fingerprint density at radius 2 is 2.29 bits per heavy atom. The quantitative estimate of drug-likeness (QED) is 0.740. The first-order valence-corrected chi connectivity index (χ1v) is 5.00. The molecule has 1 heterocycles. The number of aromatic nitrogens is 4. The van der Waals surface area contributed by atoms with Crippen LogP contribution < -0.4 is 5.73 Å². The second-order valence-corrected chi connectivity index (χ2v) is 3.49. The third kappa shape index (κ3) is 2.57. The van der Waals surface area contributed by atoms with Gasteiger partial charge in [-0.25, -0.2) is 4.68 Å². The number of nitrogen functional groups attached to an aromatic ring is 1. The second-order valence-electron chi connectivity index (χ2n) is 3.49. The number of carboxylic acids is 1. The Balaban J connectivity index is 2.27. The van der Waals surface area contributed by atoms with Crippen LogP contribution in [0.2, 0.25) is 0 Å². The normalized spacial score (nSPS) is 10.4. The Bertz CT molecular complexity index is 537. The lowest BCUT2D eigenvalue weighted by molar-refractivity contribution is -0.137. The van der Waals surface area contributed by atoms with Crippen molar-refractivity contribution in [1.29, 1.82) is 0 Å². The molecule has 0 saturated carbocycles. The van der Waals surface area contributed by atoms with Crippen molar-refractivity contribution >= 4 is 11.7 Å². The molecule has 0 aliphatic heterocycles. The highest BCUT2D eigenvalue weighted by Gasteiger charge is 2.10. The zero-order valence-corrected chi connectivity index (χ0v) is 8.95. The van der Waals surface area contributed by atoms with Gasteiger partial charge in [-0.15, -0.1) is 5.10 Å². The van der Waals surface area contributed by atoms with Crippen LogP contribution in [0.4, 0.5) is 5.69 Å². The van der Waals surface area contributed by atoms with Crippen LogP contribution >= 0.6 is 0 Å². The lowest BCUT2D eigenvalue weighted by Gasteiger charge is -2.03. The summed E-state index contributed by atoms with van der Waals surface area (Å²) in [5.41, 5.74) is 7.04. The molecule has 17 heavy (non-hydrogen) atoms. The molecular weight excluding hydrogens is 222 g/mol. The minimum absolute atomic E-state index is 0.0274. The predicted molar refractivity (Wildman–Crippen MR) is 59.9 cm³/mol. The van der Waals surface area contributed by atoms with Crippen LogP contribution in [-0.2, 0) is 11.3 Å². The number of nitrogens with two attached hydrogens (primary N) is 1. The van der Waals surface area contributed by atoms with Crippen molar-refractivity contribution in [3.8, 4) is 11.4 Å². The molecule has 88 valence electrons. The Labute approximate surface area is 96.9 Å². The smallest absolute Gasteiger partial charge is 0.305 e. The number of carboxylic acid groups (broad SMARTS) is 1. The van der Waals surface area contributed by atoms with Crippen molar-refractivity contribution in [2.45, 2.75) is 13.0 Å². The lowest BCUT2D eigenvalue weighted by atomic mass is 10.2. The summed E-state index contributed by atoms with van der Waals surface area (Å²) in [6, 6.07) is 7.11. The van der Waals surface area contributed by atoms with Gasteiger partial charge in [0.15, 0.2) is 5.82 Å². The van der Waals surface area contributed by atoms with E-state index in [0.29, 0.717) is 11.5 Å². The van der Waals surface area contributed by atoms with Crippen LogP contribution in [0.15, 0.2) is 24.3 Å². The number of hydrogen-bond donors (Lipinski definition) is 2. The van der Waals surface area contributed by atoms with E-state index in [1.807, 2.05) is 6.07 Å². The van der Waals surface area contributed by atoms with Gasteiger partial charge < -0.3 is 10.8 Å². The number of carbonyl (C=O) groups is 1. The van der Waals surface area contributed by atoms with E-state index in [9.17, 15) is 4.79 Å². The molecule has 0 atom stereocenters. The second kappa shape index (κ2) is 4.60. The van der Waals surface area contributed by atoms with Crippen molar-refractivity contribution in [2.24, 2.45) is 0 Å². The Hall–Kier alpha value is -2.44. The van der Waals surface area contributed by atoms with Crippen molar-refractivity contribution in [1.82, 2.24) is 20.2 Å². The van der Waals surface area contributed by atoms with E-state index in [4.69, 9.17) is 10.8 Å². The monoisotopic (exact) mass is 233 g/mol. The Kier molecular flexibility index (Phi) is 2.99. The summed E-state index contributed by atoms with van der Waals surface area (Å²) in [5.74, 6) is -0.377. The summed E-state index contributed by atoms with van der Waals surface area (Å²) in [4.78, 5) is 10.5.